The Labute approximate surface area is 134 Å². The van der Waals surface area contributed by atoms with Gasteiger partial charge in [0.15, 0.2) is 6.04 Å². The average molecular weight is 324 g/mol. The molecule has 0 heterocycles. The molecule has 0 aromatic rings. The van der Waals surface area contributed by atoms with Crippen LogP contribution in [-0.2, 0) is 28.7 Å². The summed E-state index contributed by atoms with van der Waals surface area (Å²) < 4.78 is 9.73. The van der Waals surface area contributed by atoms with Gasteiger partial charge < -0.3 is 9.47 Å². The van der Waals surface area contributed by atoms with Gasteiger partial charge in [-0.05, 0) is 25.7 Å². The van der Waals surface area contributed by atoms with Crippen LogP contribution in [-0.4, -0.2) is 49.9 Å². The van der Waals surface area contributed by atoms with E-state index in [4.69, 9.17) is 9.47 Å². The lowest BCUT2D eigenvalue weighted by Gasteiger charge is -2.10. The van der Waals surface area contributed by atoms with Gasteiger partial charge >= 0.3 is 11.9 Å². The molecule has 0 fully saturated rings. The summed E-state index contributed by atoms with van der Waals surface area (Å²) in [6.07, 6.45) is 6.05. The van der Waals surface area contributed by atoms with Crippen LogP contribution < -0.4 is 0 Å². The molecule has 0 N–H and O–H groups in total. The summed E-state index contributed by atoms with van der Waals surface area (Å²) in [6.45, 7) is 3.90. The molecule has 0 saturated heterocycles. The number of unbranched alkanes of at least 4 members (excludes halogenated alkanes) is 1. The van der Waals surface area contributed by atoms with Crippen molar-refractivity contribution >= 4 is 24.1 Å². The minimum atomic E-state index is -0.930. The molecule has 0 aromatic carbocycles. The molecule has 0 rings (SSSR count). The zero-order valence-electron chi connectivity index (χ0n) is 12.9. The molecule has 0 amide bonds. The average Bonchev–Trinajstić information content (AvgIpc) is 2.55. The van der Waals surface area contributed by atoms with Crippen LogP contribution in [0.4, 0.5) is 0 Å². The maximum absolute atomic E-state index is 11.8. The number of carbonyl (C=O) groups excluding carboxylic acids is 4. The zero-order valence-corrected chi connectivity index (χ0v) is 12.9. The van der Waals surface area contributed by atoms with Gasteiger partial charge in [0.05, 0.1) is 13.2 Å². The number of aliphatic imine (C=N–C) groups is 2. The molecule has 126 valence electrons. The molecule has 0 aromatic heterocycles. The van der Waals surface area contributed by atoms with Crippen LogP contribution in [0.15, 0.2) is 22.6 Å². The van der Waals surface area contributed by atoms with Gasteiger partial charge in [-0.1, -0.05) is 12.7 Å². The van der Waals surface area contributed by atoms with Crippen molar-refractivity contribution in [3.05, 3.63) is 12.7 Å². The van der Waals surface area contributed by atoms with Gasteiger partial charge in [0, 0.05) is 6.42 Å². The van der Waals surface area contributed by atoms with Crippen LogP contribution in [0.3, 0.4) is 0 Å². The Kier molecular flexibility index (Phi) is 12.8. The van der Waals surface area contributed by atoms with Gasteiger partial charge in [-0.15, -0.1) is 0 Å². The Hall–Kier alpha value is -2.56. The lowest BCUT2D eigenvalue weighted by Crippen LogP contribution is -2.22. The van der Waals surface area contributed by atoms with E-state index in [1.54, 1.807) is 0 Å². The molecule has 1 atom stereocenters. The van der Waals surface area contributed by atoms with E-state index in [-0.39, 0.29) is 19.6 Å². The van der Waals surface area contributed by atoms with Gasteiger partial charge in [0.25, 0.3) is 0 Å². The Balaban J connectivity index is 4.00. The van der Waals surface area contributed by atoms with E-state index in [9.17, 15) is 19.2 Å². The number of hydrogen-bond donors (Lipinski definition) is 0. The van der Waals surface area contributed by atoms with Crippen LogP contribution in [0, 0.1) is 0 Å². The standard InChI is InChI=1S/C15H20N2O6/c1-2-9-22-14(20)7-5-10-23-15(21)13(17-12-19)6-3-4-8-16-11-18/h2,13H,1,3-10H2. The third-order valence-corrected chi connectivity index (χ3v) is 2.67. The van der Waals surface area contributed by atoms with Crippen molar-refractivity contribution in [2.45, 2.75) is 38.1 Å². The SMILES string of the molecule is C=CCOC(=O)CCCOC(=O)C(CCCCN=C=O)N=C=O. The second-order valence-corrected chi connectivity index (χ2v) is 4.45. The Morgan fingerprint density at radius 3 is 2.57 bits per heavy atom. The largest absolute Gasteiger partial charge is 0.464 e. The Morgan fingerprint density at radius 1 is 1.13 bits per heavy atom. The van der Waals surface area contributed by atoms with Crippen molar-refractivity contribution in [2.24, 2.45) is 9.98 Å². The minimum absolute atomic E-state index is 0.0301. The van der Waals surface area contributed by atoms with Crippen molar-refractivity contribution in [1.29, 1.82) is 0 Å². The highest BCUT2D eigenvalue weighted by Gasteiger charge is 2.18. The molecule has 0 bridgehead atoms. The highest BCUT2D eigenvalue weighted by atomic mass is 16.5. The predicted octanol–water partition coefficient (Wildman–Crippen LogP) is 1.25. The number of carbonyl (C=O) groups is 2. The van der Waals surface area contributed by atoms with Gasteiger partial charge in [-0.25, -0.2) is 19.4 Å². The number of hydrogen-bond acceptors (Lipinski definition) is 8. The van der Waals surface area contributed by atoms with Gasteiger partial charge in [0.1, 0.15) is 6.61 Å². The van der Waals surface area contributed by atoms with Crippen molar-refractivity contribution < 1.29 is 28.7 Å². The molecule has 0 aliphatic heterocycles. The van der Waals surface area contributed by atoms with E-state index in [1.807, 2.05) is 0 Å². The summed E-state index contributed by atoms with van der Waals surface area (Å²) in [7, 11) is 0. The molecular formula is C15H20N2O6. The van der Waals surface area contributed by atoms with E-state index in [2.05, 4.69) is 16.6 Å². The fourth-order valence-electron chi connectivity index (χ4n) is 1.58. The number of nitrogens with zero attached hydrogens (tertiary/aromatic N) is 2. The van der Waals surface area contributed by atoms with E-state index in [0.717, 1.165) is 0 Å². The number of rotatable bonds is 13. The van der Waals surface area contributed by atoms with Crippen molar-refractivity contribution in [3.63, 3.8) is 0 Å². The third-order valence-electron chi connectivity index (χ3n) is 2.67. The normalized spacial score (nSPS) is 10.6. The van der Waals surface area contributed by atoms with Gasteiger partial charge in [-0.3, -0.25) is 4.79 Å². The first-order valence-corrected chi connectivity index (χ1v) is 7.19. The molecule has 0 saturated carbocycles. The topological polar surface area (TPSA) is 111 Å². The lowest BCUT2D eigenvalue weighted by molar-refractivity contribution is -0.148. The smallest absolute Gasteiger partial charge is 0.331 e. The summed E-state index contributed by atoms with van der Waals surface area (Å²) in [4.78, 5) is 50.0. The maximum atomic E-state index is 11.8. The predicted molar refractivity (Wildman–Crippen MR) is 80.1 cm³/mol. The van der Waals surface area contributed by atoms with Crippen molar-refractivity contribution in [1.82, 2.24) is 0 Å². The number of isocyanates is 2. The Bertz CT molecular complexity index is 478. The van der Waals surface area contributed by atoms with Crippen LogP contribution in [0.5, 0.6) is 0 Å². The third kappa shape index (κ3) is 11.7. The van der Waals surface area contributed by atoms with Crippen molar-refractivity contribution in [2.75, 3.05) is 19.8 Å². The Morgan fingerprint density at radius 2 is 1.91 bits per heavy atom. The minimum Gasteiger partial charge on any atom is -0.464 e. The van der Waals surface area contributed by atoms with E-state index in [0.29, 0.717) is 32.2 Å². The summed E-state index contributed by atoms with van der Waals surface area (Å²) in [6, 6.07) is -0.930. The molecular weight excluding hydrogens is 304 g/mol. The van der Waals surface area contributed by atoms with Gasteiger partial charge in [-0.2, -0.15) is 4.99 Å². The first-order chi connectivity index (χ1) is 11.2. The molecule has 23 heavy (non-hydrogen) atoms. The second-order valence-electron chi connectivity index (χ2n) is 4.45. The van der Waals surface area contributed by atoms with Crippen molar-refractivity contribution in [3.8, 4) is 0 Å². The summed E-state index contributed by atoms with van der Waals surface area (Å²) >= 11 is 0. The monoisotopic (exact) mass is 324 g/mol. The fraction of sp³-hybridized carbons (Fsp3) is 0.600. The molecule has 0 spiro atoms. The molecule has 0 aliphatic carbocycles. The molecule has 0 radical (unpaired) electrons. The zero-order chi connectivity index (χ0) is 17.3. The molecule has 8 heteroatoms. The molecule has 1 unspecified atom stereocenters. The van der Waals surface area contributed by atoms with E-state index >= 15 is 0 Å². The summed E-state index contributed by atoms with van der Waals surface area (Å²) in [5, 5.41) is 0. The highest BCUT2D eigenvalue weighted by Crippen LogP contribution is 2.07. The van der Waals surface area contributed by atoms with E-state index < -0.39 is 18.0 Å². The lowest BCUT2D eigenvalue weighted by atomic mass is 10.1. The fourth-order valence-corrected chi connectivity index (χ4v) is 1.58. The molecule has 0 aliphatic rings. The van der Waals surface area contributed by atoms with E-state index in [1.165, 1.54) is 18.2 Å². The highest BCUT2D eigenvalue weighted by molar-refractivity contribution is 5.77. The molecule has 8 nitrogen and oxygen atoms in total. The van der Waals surface area contributed by atoms with Crippen LogP contribution in [0.1, 0.15) is 32.1 Å². The van der Waals surface area contributed by atoms with Crippen LogP contribution in [0.25, 0.3) is 0 Å². The quantitative estimate of drug-likeness (QED) is 0.166. The number of esters is 2. The maximum Gasteiger partial charge on any atom is 0.331 e. The second kappa shape index (κ2) is 14.4. The first-order valence-electron chi connectivity index (χ1n) is 7.19. The van der Waals surface area contributed by atoms with Crippen LogP contribution >= 0.6 is 0 Å². The van der Waals surface area contributed by atoms with Crippen LogP contribution in [0.2, 0.25) is 0 Å². The summed E-state index contributed by atoms with van der Waals surface area (Å²) in [5.41, 5.74) is 0. The number of ether oxygens (including phenoxy) is 2. The first kappa shape index (κ1) is 20.4. The van der Waals surface area contributed by atoms with Gasteiger partial charge in [0.2, 0.25) is 12.2 Å². The summed E-state index contributed by atoms with van der Waals surface area (Å²) in [5.74, 6) is -1.05.